The van der Waals surface area contributed by atoms with Gasteiger partial charge in [-0.15, -0.1) is 0 Å². The van der Waals surface area contributed by atoms with Gasteiger partial charge in [0.15, 0.2) is 0 Å². The second-order valence-corrected chi connectivity index (χ2v) is 5.16. The number of carbonyl (C=O) groups is 2. The number of ether oxygens (including phenoxy) is 1. The van der Waals surface area contributed by atoms with Gasteiger partial charge in [-0.3, -0.25) is 15.0 Å². The van der Waals surface area contributed by atoms with Gasteiger partial charge in [-0.25, -0.2) is 9.59 Å². The van der Waals surface area contributed by atoms with Gasteiger partial charge in [-0.05, 0) is 26.8 Å². The van der Waals surface area contributed by atoms with E-state index in [2.05, 4.69) is 5.32 Å². The lowest BCUT2D eigenvalue weighted by atomic mass is 9.93. The summed E-state index contributed by atoms with van der Waals surface area (Å²) in [7, 11) is 0. The van der Waals surface area contributed by atoms with Crippen molar-refractivity contribution in [1.29, 1.82) is 0 Å². The van der Waals surface area contributed by atoms with Crippen molar-refractivity contribution in [3.05, 3.63) is 51.2 Å². The normalized spacial score (nSPS) is 17.5. The summed E-state index contributed by atoms with van der Waals surface area (Å²) in [6.07, 6.45) is 0. The van der Waals surface area contributed by atoms with Crippen molar-refractivity contribution in [2.75, 3.05) is 13.2 Å². The standard InChI is InChI=1S/C16H19N3O5/c1-4-18-10(3)13(15(20)24-5-2)14(17-16(18)21)11-8-6-7-9-12(11)19(22)23/h6-9,14H,4-5H2,1-3H3,(H,17,21)/t14-/m0/s1. The largest absolute Gasteiger partial charge is 0.463 e. The van der Waals surface area contributed by atoms with E-state index in [1.54, 1.807) is 26.8 Å². The number of nitro groups is 1. The van der Waals surface area contributed by atoms with Gasteiger partial charge in [0.1, 0.15) is 0 Å². The van der Waals surface area contributed by atoms with Crippen molar-refractivity contribution in [3.8, 4) is 0 Å². The second-order valence-electron chi connectivity index (χ2n) is 5.16. The molecule has 24 heavy (non-hydrogen) atoms. The van der Waals surface area contributed by atoms with Crippen molar-refractivity contribution in [1.82, 2.24) is 10.2 Å². The number of urea groups is 1. The molecule has 8 nitrogen and oxygen atoms in total. The van der Waals surface area contributed by atoms with E-state index in [0.29, 0.717) is 12.2 Å². The third-order valence-electron chi connectivity index (χ3n) is 3.85. The zero-order valence-electron chi connectivity index (χ0n) is 13.7. The van der Waals surface area contributed by atoms with E-state index in [1.165, 1.54) is 23.1 Å². The topological polar surface area (TPSA) is 102 Å². The van der Waals surface area contributed by atoms with Crippen molar-refractivity contribution >= 4 is 17.7 Å². The highest BCUT2D eigenvalue weighted by Crippen LogP contribution is 2.35. The molecule has 1 aromatic rings. The van der Waals surface area contributed by atoms with Crippen LogP contribution in [0.5, 0.6) is 0 Å². The fraction of sp³-hybridized carbons (Fsp3) is 0.375. The Kier molecular flexibility index (Phi) is 5.18. The van der Waals surface area contributed by atoms with E-state index in [-0.39, 0.29) is 23.4 Å². The van der Waals surface area contributed by atoms with Crippen LogP contribution in [-0.2, 0) is 9.53 Å². The number of nitrogens with one attached hydrogen (secondary N) is 1. The van der Waals surface area contributed by atoms with Gasteiger partial charge in [-0.1, -0.05) is 12.1 Å². The molecule has 0 fully saturated rings. The molecular weight excluding hydrogens is 314 g/mol. The highest BCUT2D eigenvalue weighted by atomic mass is 16.6. The summed E-state index contributed by atoms with van der Waals surface area (Å²) in [6.45, 7) is 5.61. The van der Waals surface area contributed by atoms with Crippen molar-refractivity contribution in [2.45, 2.75) is 26.8 Å². The third-order valence-corrected chi connectivity index (χ3v) is 3.85. The average Bonchev–Trinajstić information content (AvgIpc) is 2.54. The smallest absolute Gasteiger partial charge is 0.338 e. The van der Waals surface area contributed by atoms with Gasteiger partial charge >= 0.3 is 12.0 Å². The summed E-state index contributed by atoms with van der Waals surface area (Å²) in [5, 5.41) is 14.0. The molecule has 0 radical (unpaired) electrons. The number of allylic oxidation sites excluding steroid dienone is 1. The predicted molar refractivity (Wildman–Crippen MR) is 86.1 cm³/mol. The van der Waals surface area contributed by atoms with Crippen molar-refractivity contribution in [3.63, 3.8) is 0 Å². The number of amides is 2. The molecule has 0 aliphatic carbocycles. The highest BCUT2D eigenvalue weighted by molar-refractivity contribution is 5.95. The minimum absolute atomic E-state index is 0.164. The Morgan fingerprint density at radius 3 is 2.62 bits per heavy atom. The van der Waals surface area contributed by atoms with Crippen LogP contribution in [-0.4, -0.2) is 35.0 Å². The molecule has 128 valence electrons. The van der Waals surface area contributed by atoms with Crippen LogP contribution in [0.4, 0.5) is 10.5 Å². The van der Waals surface area contributed by atoms with Gasteiger partial charge < -0.3 is 10.1 Å². The van der Waals surface area contributed by atoms with Crippen LogP contribution in [0.1, 0.15) is 32.4 Å². The van der Waals surface area contributed by atoms with Crippen LogP contribution in [0.3, 0.4) is 0 Å². The molecule has 1 aliphatic heterocycles. The first-order chi connectivity index (χ1) is 11.4. The summed E-state index contributed by atoms with van der Waals surface area (Å²) < 4.78 is 5.09. The minimum atomic E-state index is -0.930. The molecule has 1 atom stereocenters. The number of para-hydroxylation sites is 1. The fourth-order valence-electron chi connectivity index (χ4n) is 2.77. The van der Waals surface area contributed by atoms with Crippen molar-refractivity contribution in [2.24, 2.45) is 0 Å². The summed E-state index contributed by atoms with van der Waals surface area (Å²) in [5.74, 6) is -0.600. The lowest BCUT2D eigenvalue weighted by Crippen LogP contribution is -2.48. The molecule has 2 amide bonds. The molecule has 0 unspecified atom stereocenters. The molecule has 0 spiro atoms. The average molecular weight is 333 g/mol. The first-order valence-corrected chi connectivity index (χ1v) is 7.61. The quantitative estimate of drug-likeness (QED) is 0.507. The van der Waals surface area contributed by atoms with Crippen LogP contribution in [0.25, 0.3) is 0 Å². The Labute approximate surface area is 139 Å². The summed E-state index contributed by atoms with van der Waals surface area (Å²) >= 11 is 0. The van der Waals surface area contributed by atoms with Gasteiger partial charge in [0.25, 0.3) is 5.69 Å². The molecule has 1 aliphatic rings. The van der Waals surface area contributed by atoms with Crippen LogP contribution in [0.15, 0.2) is 35.5 Å². The SMILES string of the molecule is CCOC(=O)C1=C(C)N(CC)C(=O)N[C@H]1c1ccccc1[N+](=O)[O-]. The lowest BCUT2D eigenvalue weighted by molar-refractivity contribution is -0.385. The molecular formula is C16H19N3O5. The highest BCUT2D eigenvalue weighted by Gasteiger charge is 2.38. The van der Waals surface area contributed by atoms with Gasteiger partial charge in [0.05, 0.1) is 28.7 Å². The minimum Gasteiger partial charge on any atom is -0.463 e. The maximum Gasteiger partial charge on any atom is 0.338 e. The van der Waals surface area contributed by atoms with Crippen LogP contribution in [0.2, 0.25) is 0 Å². The number of hydrogen-bond acceptors (Lipinski definition) is 5. The molecule has 1 heterocycles. The molecule has 0 bridgehead atoms. The monoisotopic (exact) mass is 333 g/mol. The first-order valence-electron chi connectivity index (χ1n) is 7.61. The van der Waals surface area contributed by atoms with Gasteiger partial charge in [-0.2, -0.15) is 0 Å². The number of benzene rings is 1. The Hall–Kier alpha value is -2.90. The van der Waals surface area contributed by atoms with Gasteiger partial charge in [0, 0.05) is 18.3 Å². The summed E-state index contributed by atoms with van der Waals surface area (Å²) in [5.41, 5.74) is 0.715. The molecule has 2 rings (SSSR count). The molecule has 1 aromatic carbocycles. The van der Waals surface area contributed by atoms with E-state index in [4.69, 9.17) is 4.74 Å². The van der Waals surface area contributed by atoms with Crippen LogP contribution in [0, 0.1) is 10.1 Å². The van der Waals surface area contributed by atoms with E-state index in [1.807, 2.05) is 0 Å². The molecule has 8 heteroatoms. The molecule has 0 saturated carbocycles. The number of nitrogens with zero attached hydrogens (tertiary/aromatic N) is 2. The second kappa shape index (κ2) is 7.12. The van der Waals surface area contributed by atoms with Crippen LogP contribution < -0.4 is 5.32 Å². The Morgan fingerprint density at radius 2 is 2.04 bits per heavy atom. The Morgan fingerprint density at radius 1 is 1.38 bits per heavy atom. The third kappa shape index (κ3) is 3.08. The van der Waals surface area contributed by atoms with E-state index < -0.39 is 23.0 Å². The number of nitro benzene ring substituents is 1. The molecule has 0 aromatic heterocycles. The van der Waals surface area contributed by atoms with Crippen LogP contribution >= 0.6 is 0 Å². The maximum absolute atomic E-state index is 12.4. The first kappa shape index (κ1) is 17.5. The Balaban J connectivity index is 2.63. The number of rotatable bonds is 5. The zero-order chi connectivity index (χ0) is 17.9. The van der Waals surface area contributed by atoms with E-state index >= 15 is 0 Å². The van der Waals surface area contributed by atoms with E-state index in [0.717, 1.165) is 0 Å². The van der Waals surface area contributed by atoms with E-state index in [9.17, 15) is 19.7 Å². The number of carbonyl (C=O) groups excluding carboxylic acids is 2. The number of hydrogen-bond donors (Lipinski definition) is 1. The zero-order valence-corrected chi connectivity index (χ0v) is 13.7. The molecule has 1 N–H and O–H groups in total. The fourth-order valence-corrected chi connectivity index (χ4v) is 2.77. The lowest BCUT2D eigenvalue weighted by Gasteiger charge is -2.34. The van der Waals surface area contributed by atoms with Gasteiger partial charge in [0.2, 0.25) is 0 Å². The number of esters is 1. The summed E-state index contributed by atoms with van der Waals surface area (Å²) in [6, 6.07) is 4.68. The molecule has 0 saturated heterocycles. The predicted octanol–water partition coefficient (Wildman–Crippen LogP) is 2.52. The van der Waals surface area contributed by atoms with Crippen molar-refractivity contribution < 1.29 is 19.2 Å². The summed E-state index contributed by atoms with van der Waals surface area (Å²) in [4.78, 5) is 36.9. The Bertz CT molecular complexity index is 713. The maximum atomic E-state index is 12.4.